The Labute approximate surface area is 204 Å². The molecule has 1 amide bonds. The number of methoxy groups -OCH3 is 1. The van der Waals surface area contributed by atoms with Gasteiger partial charge in [-0.1, -0.05) is 64.7 Å². The lowest BCUT2D eigenvalue weighted by molar-refractivity contribution is -0.132. The van der Waals surface area contributed by atoms with Gasteiger partial charge < -0.3 is 9.47 Å². The van der Waals surface area contributed by atoms with E-state index in [9.17, 15) is 9.59 Å². The summed E-state index contributed by atoms with van der Waals surface area (Å²) in [5.74, 6) is 1.00. The van der Waals surface area contributed by atoms with Crippen molar-refractivity contribution in [2.45, 2.75) is 28.3 Å². The molecule has 0 saturated heterocycles. The molecular weight excluding hydrogens is 480 g/mol. The van der Waals surface area contributed by atoms with Crippen LogP contribution in [-0.2, 0) is 15.3 Å². The van der Waals surface area contributed by atoms with Gasteiger partial charge in [0.15, 0.2) is 20.2 Å². The second-order valence-electron chi connectivity index (χ2n) is 6.69. The molecule has 0 aliphatic carbocycles. The number of benzene rings is 2. The zero-order chi connectivity index (χ0) is 23.6. The van der Waals surface area contributed by atoms with Crippen LogP contribution in [0.15, 0.2) is 56.2 Å². The predicted octanol–water partition coefficient (Wildman–Crippen LogP) is 4.32. The number of hydrogen-bond acceptors (Lipinski definition) is 10. The Hall–Kier alpha value is -2.89. The van der Waals surface area contributed by atoms with E-state index in [2.05, 4.69) is 51.9 Å². The smallest absolute Gasteiger partial charge is 0.308 e. The van der Waals surface area contributed by atoms with Crippen molar-refractivity contribution in [2.24, 2.45) is 5.10 Å². The molecule has 1 aromatic heterocycles. The number of carbonyl (C=O) groups is 2. The minimum Gasteiger partial charge on any atom is -0.493 e. The van der Waals surface area contributed by atoms with Crippen LogP contribution in [0.4, 0.5) is 0 Å². The van der Waals surface area contributed by atoms with Crippen LogP contribution in [0, 0.1) is 6.92 Å². The van der Waals surface area contributed by atoms with E-state index in [0.29, 0.717) is 17.1 Å². The third-order valence-corrected chi connectivity index (χ3v) is 7.30. The zero-order valence-corrected chi connectivity index (χ0v) is 20.7. The number of hydrazone groups is 1. The van der Waals surface area contributed by atoms with Gasteiger partial charge in [0, 0.05) is 12.7 Å². The molecule has 3 aromatic rings. The van der Waals surface area contributed by atoms with Gasteiger partial charge >= 0.3 is 5.97 Å². The van der Waals surface area contributed by atoms with Crippen molar-refractivity contribution >= 4 is 53.0 Å². The second kappa shape index (κ2) is 12.4. The van der Waals surface area contributed by atoms with E-state index >= 15 is 0 Å². The zero-order valence-electron chi connectivity index (χ0n) is 18.2. The number of thioether (sulfide) groups is 2. The maximum absolute atomic E-state index is 12.1. The molecule has 0 unspecified atom stereocenters. The highest BCUT2D eigenvalue weighted by atomic mass is 32.2. The number of amides is 1. The third kappa shape index (κ3) is 8.19. The van der Waals surface area contributed by atoms with Crippen molar-refractivity contribution in [1.82, 2.24) is 15.6 Å². The van der Waals surface area contributed by atoms with E-state index < -0.39 is 5.97 Å². The van der Waals surface area contributed by atoms with Gasteiger partial charge in [0.2, 0.25) is 0 Å². The number of aryl methyl sites for hydroxylation is 1. The van der Waals surface area contributed by atoms with Crippen LogP contribution in [0.2, 0.25) is 0 Å². The molecule has 0 aliphatic heterocycles. The average Bonchev–Trinajstić information content (AvgIpc) is 3.26. The SMILES string of the molecule is COc1cc(C=NNC(=O)CSc2nnc(SCc3ccc(C)cc3)s2)ccc1OC(C)=O. The van der Waals surface area contributed by atoms with Crippen LogP contribution in [0.25, 0.3) is 0 Å². The summed E-state index contributed by atoms with van der Waals surface area (Å²) in [5, 5.41) is 12.3. The Bertz CT molecular complexity index is 1130. The fourth-order valence-electron chi connectivity index (χ4n) is 2.49. The summed E-state index contributed by atoms with van der Waals surface area (Å²) in [6, 6.07) is 13.3. The van der Waals surface area contributed by atoms with E-state index in [1.165, 1.54) is 54.5 Å². The lowest BCUT2D eigenvalue weighted by Gasteiger charge is -2.08. The Balaban J connectivity index is 1.43. The molecule has 1 N–H and O–H groups in total. The first-order valence-electron chi connectivity index (χ1n) is 9.76. The lowest BCUT2D eigenvalue weighted by Crippen LogP contribution is -2.19. The molecule has 33 heavy (non-hydrogen) atoms. The van der Waals surface area contributed by atoms with Gasteiger partial charge in [0.1, 0.15) is 0 Å². The molecule has 0 spiro atoms. The summed E-state index contributed by atoms with van der Waals surface area (Å²) < 4.78 is 11.9. The summed E-state index contributed by atoms with van der Waals surface area (Å²) >= 11 is 4.40. The monoisotopic (exact) mass is 502 g/mol. The van der Waals surface area contributed by atoms with Crippen LogP contribution in [0.5, 0.6) is 11.5 Å². The number of hydrogen-bond donors (Lipinski definition) is 1. The van der Waals surface area contributed by atoms with Gasteiger partial charge in [-0.25, -0.2) is 5.43 Å². The van der Waals surface area contributed by atoms with E-state index in [0.717, 1.165) is 14.4 Å². The van der Waals surface area contributed by atoms with E-state index in [1.54, 1.807) is 30.0 Å². The van der Waals surface area contributed by atoms with Gasteiger partial charge in [-0.2, -0.15) is 5.10 Å². The number of nitrogens with zero attached hydrogens (tertiary/aromatic N) is 3. The molecule has 0 aliphatic rings. The molecule has 172 valence electrons. The summed E-state index contributed by atoms with van der Waals surface area (Å²) in [6.07, 6.45) is 1.48. The fourth-order valence-corrected chi connectivity index (χ4v) is 5.25. The normalized spacial score (nSPS) is 10.9. The summed E-state index contributed by atoms with van der Waals surface area (Å²) in [5.41, 5.74) is 5.62. The molecule has 0 radical (unpaired) electrons. The highest BCUT2D eigenvalue weighted by Gasteiger charge is 2.10. The molecule has 0 bridgehead atoms. The molecular formula is C22H22N4O4S3. The minimum atomic E-state index is -0.438. The predicted molar refractivity (Wildman–Crippen MR) is 131 cm³/mol. The Morgan fingerprint density at radius 3 is 2.52 bits per heavy atom. The second-order valence-corrected chi connectivity index (χ2v) is 10.1. The molecule has 0 fully saturated rings. The number of nitrogens with one attached hydrogen (secondary N) is 1. The lowest BCUT2D eigenvalue weighted by atomic mass is 10.2. The maximum Gasteiger partial charge on any atom is 0.308 e. The quantitative estimate of drug-likeness (QED) is 0.144. The Morgan fingerprint density at radius 2 is 1.82 bits per heavy atom. The fraction of sp³-hybridized carbons (Fsp3) is 0.227. The molecule has 2 aromatic carbocycles. The summed E-state index contributed by atoms with van der Waals surface area (Å²) in [7, 11) is 1.47. The van der Waals surface area contributed by atoms with E-state index in [1.807, 2.05) is 0 Å². The first-order chi connectivity index (χ1) is 15.9. The summed E-state index contributed by atoms with van der Waals surface area (Å²) in [4.78, 5) is 23.2. The van der Waals surface area contributed by atoms with Crippen molar-refractivity contribution in [2.75, 3.05) is 12.9 Å². The van der Waals surface area contributed by atoms with Gasteiger partial charge in [-0.05, 0) is 36.2 Å². The molecule has 3 rings (SSSR count). The van der Waals surface area contributed by atoms with Crippen molar-refractivity contribution < 1.29 is 19.1 Å². The van der Waals surface area contributed by atoms with Crippen LogP contribution in [0.3, 0.4) is 0 Å². The number of esters is 1. The van der Waals surface area contributed by atoms with Gasteiger partial charge in [0.05, 0.1) is 19.1 Å². The first-order valence-corrected chi connectivity index (χ1v) is 12.5. The van der Waals surface area contributed by atoms with E-state index in [-0.39, 0.29) is 11.7 Å². The Kier molecular flexibility index (Phi) is 9.28. The molecule has 8 nitrogen and oxygen atoms in total. The minimum absolute atomic E-state index is 0.170. The van der Waals surface area contributed by atoms with Gasteiger partial charge in [0.25, 0.3) is 5.91 Å². The summed E-state index contributed by atoms with van der Waals surface area (Å²) in [6.45, 7) is 3.38. The highest BCUT2D eigenvalue weighted by molar-refractivity contribution is 8.03. The number of aromatic nitrogens is 2. The van der Waals surface area contributed by atoms with Crippen molar-refractivity contribution in [3.63, 3.8) is 0 Å². The largest absolute Gasteiger partial charge is 0.493 e. The van der Waals surface area contributed by atoms with Crippen molar-refractivity contribution in [1.29, 1.82) is 0 Å². The van der Waals surface area contributed by atoms with Crippen molar-refractivity contribution in [3.8, 4) is 11.5 Å². The van der Waals surface area contributed by atoms with Crippen LogP contribution < -0.4 is 14.9 Å². The van der Waals surface area contributed by atoms with Crippen LogP contribution in [0.1, 0.15) is 23.6 Å². The maximum atomic E-state index is 12.1. The molecule has 1 heterocycles. The average molecular weight is 503 g/mol. The van der Waals surface area contributed by atoms with Crippen LogP contribution in [-0.4, -0.2) is 41.2 Å². The topological polar surface area (TPSA) is 103 Å². The number of carbonyl (C=O) groups excluding carboxylic acids is 2. The molecule has 11 heteroatoms. The first kappa shape index (κ1) is 24.7. The number of ether oxygens (including phenoxy) is 2. The van der Waals surface area contributed by atoms with Crippen LogP contribution >= 0.6 is 34.9 Å². The van der Waals surface area contributed by atoms with Crippen molar-refractivity contribution in [3.05, 3.63) is 59.2 Å². The Morgan fingerprint density at radius 1 is 1.09 bits per heavy atom. The van der Waals surface area contributed by atoms with Gasteiger partial charge in [-0.15, -0.1) is 10.2 Å². The van der Waals surface area contributed by atoms with E-state index in [4.69, 9.17) is 9.47 Å². The third-order valence-electron chi connectivity index (χ3n) is 4.04. The standard InChI is InChI=1S/C22H22N4O4S3/c1-14-4-6-16(7-5-14)12-31-21-25-26-22(33-21)32-13-20(28)24-23-11-17-8-9-18(30-15(2)27)19(10-17)29-3/h4-11H,12-13H2,1-3H3,(H,24,28). The molecule has 0 atom stereocenters. The molecule has 0 saturated carbocycles. The number of rotatable bonds is 10. The highest BCUT2D eigenvalue weighted by Crippen LogP contribution is 2.31. The van der Waals surface area contributed by atoms with Gasteiger partial charge in [-0.3, -0.25) is 9.59 Å².